The summed E-state index contributed by atoms with van der Waals surface area (Å²) in [4.78, 5) is 25.9. The lowest BCUT2D eigenvalue weighted by atomic mass is 9.33. The van der Waals surface area contributed by atoms with Crippen molar-refractivity contribution < 1.29 is 24.5 Å². The van der Waals surface area contributed by atoms with Gasteiger partial charge >= 0.3 is 11.9 Å². The maximum Gasteiger partial charge on any atom is 0.331 e. The van der Waals surface area contributed by atoms with Crippen LogP contribution in [-0.2, 0) is 14.3 Å². The number of carboxylic acid groups (broad SMARTS) is 1. The van der Waals surface area contributed by atoms with Gasteiger partial charge in [-0.3, -0.25) is 4.79 Å². The van der Waals surface area contributed by atoms with E-state index in [-0.39, 0.29) is 50.8 Å². The molecule has 5 aliphatic rings. The molecule has 1 aromatic carbocycles. The summed E-state index contributed by atoms with van der Waals surface area (Å²) >= 11 is 0. The van der Waals surface area contributed by atoms with E-state index in [1.54, 1.807) is 30.3 Å². The van der Waals surface area contributed by atoms with Crippen LogP contribution in [0.3, 0.4) is 0 Å². The van der Waals surface area contributed by atoms with Crippen molar-refractivity contribution in [1.82, 2.24) is 0 Å². The van der Waals surface area contributed by atoms with Crippen LogP contribution in [0.25, 0.3) is 6.08 Å². The van der Waals surface area contributed by atoms with Gasteiger partial charge in [0, 0.05) is 11.5 Å². The van der Waals surface area contributed by atoms with E-state index in [4.69, 9.17) is 4.74 Å². The molecule has 44 heavy (non-hydrogen) atoms. The number of esters is 1. The van der Waals surface area contributed by atoms with Crippen LogP contribution in [-0.4, -0.2) is 28.3 Å². The van der Waals surface area contributed by atoms with Gasteiger partial charge in [0.05, 0.1) is 5.41 Å². The second-order valence-corrected chi connectivity index (χ2v) is 17.4. The molecule has 0 aromatic heterocycles. The third kappa shape index (κ3) is 4.53. The van der Waals surface area contributed by atoms with E-state index in [9.17, 15) is 19.8 Å². The van der Waals surface area contributed by atoms with Crippen LogP contribution >= 0.6 is 0 Å². The molecule has 5 heteroatoms. The Labute approximate surface area is 264 Å². The first-order valence-electron chi connectivity index (χ1n) is 17.1. The van der Waals surface area contributed by atoms with E-state index >= 15 is 0 Å². The highest BCUT2D eigenvalue weighted by molar-refractivity contribution is 5.87. The fourth-order valence-corrected chi connectivity index (χ4v) is 11.7. The first kappa shape index (κ1) is 31.4. The Kier molecular flexibility index (Phi) is 7.30. The van der Waals surface area contributed by atoms with E-state index in [0.717, 1.165) is 69.8 Å². The van der Waals surface area contributed by atoms with E-state index in [1.807, 2.05) is 0 Å². The van der Waals surface area contributed by atoms with Crippen LogP contribution in [0.4, 0.5) is 0 Å². The molecule has 0 amide bonds. The third-order valence-corrected chi connectivity index (χ3v) is 14.6. The van der Waals surface area contributed by atoms with Crippen LogP contribution in [0.2, 0.25) is 0 Å². The number of carbonyl (C=O) groups is 2. The molecule has 1 aromatic rings. The maximum atomic E-state index is 13.0. The average molecular weight is 603 g/mol. The summed E-state index contributed by atoms with van der Waals surface area (Å²) in [6.45, 7) is 16.9. The third-order valence-electron chi connectivity index (χ3n) is 14.6. The van der Waals surface area contributed by atoms with Crippen molar-refractivity contribution in [2.24, 2.45) is 50.2 Å². The molecule has 0 radical (unpaired) electrons. The summed E-state index contributed by atoms with van der Waals surface area (Å²) in [6, 6.07) is 6.79. The zero-order valence-electron chi connectivity index (χ0n) is 28.0. The number of hydrogen-bond acceptors (Lipinski definition) is 4. The number of carbonyl (C=O) groups excluding carboxylic acids is 1. The fourth-order valence-electron chi connectivity index (χ4n) is 11.7. The number of aliphatic carboxylic acids is 1. The van der Waals surface area contributed by atoms with E-state index in [0.29, 0.717) is 11.8 Å². The van der Waals surface area contributed by atoms with Crippen molar-refractivity contribution in [2.75, 3.05) is 0 Å². The lowest BCUT2D eigenvalue weighted by Gasteiger charge is -2.71. The first-order valence-corrected chi connectivity index (χ1v) is 17.1. The smallest absolute Gasteiger partial charge is 0.331 e. The Morgan fingerprint density at radius 3 is 2.23 bits per heavy atom. The molecule has 2 N–H and O–H groups in total. The SMILES string of the molecule is CC1(C)CC[C@]2(C(=O)O)CC[C@]3(C)C(=CC[C@@H]4[C@@]5(C)CC[C@H](OC(=O)C=Cc6ccc(O)cc6)C(C)(C)[C@@H]5CC[C@]43C)[C@@H]2C1. The molecule has 0 aliphatic heterocycles. The van der Waals surface area contributed by atoms with Crippen molar-refractivity contribution >= 4 is 18.0 Å². The number of rotatable bonds is 4. The Morgan fingerprint density at radius 2 is 1.55 bits per heavy atom. The molecular formula is C39H54O5. The zero-order valence-corrected chi connectivity index (χ0v) is 28.0. The van der Waals surface area contributed by atoms with Crippen molar-refractivity contribution in [1.29, 1.82) is 0 Å². The Morgan fingerprint density at radius 1 is 0.864 bits per heavy atom. The van der Waals surface area contributed by atoms with Crippen LogP contribution in [0.1, 0.15) is 118 Å². The predicted molar refractivity (Wildman–Crippen MR) is 174 cm³/mol. The molecule has 0 heterocycles. The van der Waals surface area contributed by atoms with Gasteiger partial charge in [-0.05, 0) is 127 Å². The summed E-state index contributed by atoms with van der Waals surface area (Å²) in [7, 11) is 0. The van der Waals surface area contributed by atoms with E-state index < -0.39 is 11.4 Å². The summed E-state index contributed by atoms with van der Waals surface area (Å²) in [5.41, 5.74) is 1.98. The lowest BCUT2D eigenvalue weighted by molar-refractivity contribution is -0.212. The minimum absolute atomic E-state index is 0.00735. The van der Waals surface area contributed by atoms with Crippen LogP contribution in [0, 0.1) is 50.2 Å². The quantitative estimate of drug-likeness (QED) is 0.204. The Hall–Kier alpha value is -2.56. The fraction of sp³-hybridized carbons (Fsp3) is 0.692. The zero-order chi connectivity index (χ0) is 31.9. The molecule has 6 rings (SSSR count). The second-order valence-electron chi connectivity index (χ2n) is 17.4. The van der Waals surface area contributed by atoms with Crippen molar-refractivity contribution in [3.05, 3.63) is 47.6 Å². The summed E-state index contributed by atoms with van der Waals surface area (Å²) in [5.74, 6) is 0.409. The molecule has 0 unspecified atom stereocenters. The number of hydrogen-bond donors (Lipinski definition) is 2. The van der Waals surface area contributed by atoms with E-state index in [2.05, 4.69) is 54.5 Å². The number of aromatic hydroxyl groups is 1. The summed E-state index contributed by atoms with van der Waals surface area (Å²) < 4.78 is 6.18. The van der Waals surface area contributed by atoms with Crippen LogP contribution in [0.5, 0.6) is 5.75 Å². The molecule has 5 aliphatic carbocycles. The van der Waals surface area contributed by atoms with Crippen LogP contribution < -0.4 is 0 Å². The monoisotopic (exact) mass is 602 g/mol. The molecule has 240 valence electrons. The number of fused-ring (bicyclic) bond motifs is 7. The minimum atomic E-state index is -0.605. The van der Waals surface area contributed by atoms with E-state index in [1.165, 1.54) is 11.6 Å². The van der Waals surface area contributed by atoms with Gasteiger partial charge < -0.3 is 14.9 Å². The number of ether oxygens (including phenoxy) is 1. The molecule has 8 atom stereocenters. The molecular weight excluding hydrogens is 548 g/mol. The number of allylic oxidation sites excluding steroid dienone is 2. The molecule has 0 bridgehead atoms. The highest BCUT2D eigenvalue weighted by Gasteiger charge is 2.69. The van der Waals surface area contributed by atoms with Gasteiger partial charge in [0.15, 0.2) is 0 Å². The van der Waals surface area contributed by atoms with Crippen LogP contribution in [0.15, 0.2) is 42.0 Å². The largest absolute Gasteiger partial charge is 0.508 e. The Bertz CT molecular complexity index is 1390. The number of phenolic OH excluding ortho intramolecular Hbond substituents is 1. The van der Waals surface area contributed by atoms with Gasteiger partial charge in [0.2, 0.25) is 0 Å². The number of carboxylic acids is 1. The van der Waals surface area contributed by atoms with Crippen molar-refractivity contribution in [3.8, 4) is 5.75 Å². The van der Waals surface area contributed by atoms with Gasteiger partial charge in [-0.2, -0.15) is 0 Å². The van der Waals surface area contributed by atoms with Gasteiger partial charge in [-0.1, -0.05) is 72.2 Å². The highest BCUT2D eigenvalue weighted by Crippen LogP contribution is 2.75. The molecule has 0 saturated heterocycles. The standard InChI is InChI=1S/C39H54O5/c1-34(2)20-22-39(33(42)43)23-21-37(6)27(28(39)24-34)13-14-30-36(5)18-17-31(35(3,4)29(36)16-19-38(30,37)7)44-32(41)15-10-25-8-11-26(40)12-9-25/h8-13,15,28-31,40H,14,16-24H2,1-7H3,(H,42,43)/t28-,29-,30+,31-,36-,37+,38+,39-/m0/s1. The molecule has 4 fully saturated rings. The normalized spacial score (nSPS) is 42.2. The predicted octanol–water partition coefficient (Wildman–Crippen LogP) is 9.20. The molecule has 4 saturated carbocycles. The number of benzene rings is 1. The molecule has 0 spiro atoms. The summed E-state index contributed by atoms with van der Waals surface area (Å²) in [6.07, 6.45) is 15.3. The second kappa shape index (κ2) is 10.2. The lowest BCUT2D eigenvalue weighted by Crippen LogP contribution is -2.65. The van der Waals surface area contributed by atoms with Gasteiger partial charge in [-0.25, -0.2) is 4.79 Å². The average Bonchev–Trinajstić information content (AvgIpc) is 2.94. The van der Waals surface area contributed by atoms with Gasteiger partial charge in [-0.15, -0.1) is 0 Å². The minimum Gasteiger partial charge on any atom is -0.508 e. The summed E-state index contributed by atoms with van der Waals surface area (Å²) in [5, 5.41) is 20.2. The molecule has 5 nitrogen and oxygen atoms in total. The van der Waals surface area contributed by atoms with Crippen molar-refractivity contribution in [2.45, 2.75) is 119 Å². The maximum absolute atomic E-state index is 13.0. The topological polar surface area (TPSA) is 83.8 Å². The van der Waals surface area contributed by atoms with Gasteiger partial charge in [0.25, 0.3) is 0 Å². The first-order chi connectivity index (χ1) is 20.5. The van der Waals surface area contributed by atoms with Crippen molar-refractivity contribution in [3.63, 3.8) is 0 Å². The van der Waals surface area contributed by atoms with Gasteiger partial charge in [0.1, 0.15) is 11.9 Å². The Balaban J connectivity index is 1.26. The number of phenols is 1. The highest BCUT2D eigenvalue weighted by atomic mass is 16.5.